The Balaban J connectivity index is 1.38. The lowest BCUT2D eigenvalue weighted by Crippen LogP contribution is -2.49. The van der Waals surface area contributed by atoms with Crippen molar-refractivity contribution in [3.63, 3.8) is 0 Å². The highest BCUT2D eigenvalue weighted by Gasteiger charge is 2.27. The highest BCUT2D eigenvalue weighted by Crippen LogP contribution is 2.39. The molecule has 1 aliphatic heterocycles. The minimum absolute atomic E-state index is 0.0392. The third kappa shape index (κ3) is 2.90. The van der Waals surface area contributed by atoms with Gasteiger partial charge in [-0.1, -0.05) is 12.1 Å². The van der Waals surface area contributed by atoms with Gasteiger partial charge in [0, 0.05) is 31.1 Å². The van der Waals surface area contributed by atoms with Gasteiger partial charge in [-0.05, 0) is 43.4 Å². The van der Waals surface area contributed by atoms with Crippen LogP contribution in [0.4, 0.5) is 5.82 Å². The number of carbonyl (C=O) groups excluding carboxylic acids is 1. The molecule has 0 radical (unpaired) electrons. The van der Waals surface area contributed by atoms with E-state index in [0.29, 0.717) is 18.7 Å². The first-order valence-corrected chi connectivity index (χ1v) is 10.6. The molecule has 1 fully saturated rings. The van der Waals surface area contributed by atoms with Crippen molar-refractivity contribution in [2.24, 2.45) is 0 Å². The molecule has 6 nitrogen and oxygen atoms in total. The zero-order chi connectivity index (χ0) is 19.1. The molecule has 0 atom stereocenters. The molecule has 0 saturated carbocycles. The van der Waals surface area contributed by atoms with Crippen LogP contribution in [0, 0.1) is 0 Å². The van der Waals surface area contributed by atoms with E-state index in [4.69, 9.17) is 0 Å². The number of rotatable bonds is 2. The molecule has 1 saturated heterocycles. The van der Waals surface area contributed by atoms with Crippen LogP contribution in [-0.2, 0) is 12.8 Å². The summed E-state index contributed by atoms with van der Waals surface area (Å²) < 4.78 is 0. The lowest BCUT2D eigenvalue weighted by molar-refractivity contribution is 0.0743. The summed E-state index contributed by atoms with van der Waals surface area (Å²) in [6.07, 6.45) is 6.42. The number of fused-ring (bicyclic) bond motifs is 3. The van der Waals surface area contributed by atoms with Crippen molar-refractivity contribution in [1.82, 2.24) is 14.9 Å². The van der Waals surface area contributed by atoms with Crippen LogP contribution in [0.1, 0.15) is 33.6 Å². The number of hydrogen-bond acceptors (Lipinski definition) is 6. The molecule has 3 heterocycles. The number of piperazine rings is 1. The third-order valence-electron chi connectivity index (χ3n) is 5.73. The highest BCUT2D eigenvalue weighted by atomic mass is 32.1. The van der Waals surface area contributed by atoms with Crippen LogP contribution >= 0.6 is 11.3 Å². The first kappa shape index (κ1) is 17.4. The average Bonchev–Trinajstić information content (AvgIpc) is 3.12. The van der Waals surface area contributed by atoms with Crippen LogP contribution in [0.15, 0.2) is 30.6 Å². The summed E-state index contributed by atoms with van der Waals surface area (Å²) in [6.45, 7) is 2.70. The van der Waals surface area contributed by atoms with Crippen molar-refractivity contribution in [3.05, 3.63) is 46.6 Å². The molecule has 1 amide bonds. The maximum absolute atomic E-state index is 12.7. The minimum Gasteiger partial charge on any atom is -0.507 e. The van der Waals surface area contributed by atoms with Gasteiger partial charge in [0.15, 0.2) is 0 Å². The van der Waals surface area contributed by atoms with E-state index in [1.54, 1.807) is 30.6 Å². The number of nitrogens with zero attached hydrogens (tertiary/aromatic N) is 4. The molecule has 1 aromatic carbocycles. The third-order valence-corrected chi connectivity index (χ3v) is 6.93. The number of phenolic OH excluding ortho intramolecular Hbond substituents is 1. The van der Waals surface area contributed by atoms with E-state index >= 15 is 0 Å². The molecular formula is C21H22N4O2S. The Morgan fingerprint density at radius 1 is 1.04 bits per heavy atom. The summed E-state index contributed by atoms with van der Waals surface area (Å²) in [6, 6.07) is 6.74. The van der Waals surface area contributed by atoms with E-state index in [-0.39, 0.29) is 11.7 Å². The van der Waals surface area contributed by atoms with Gasteiger partial charge in [-0.25, -0.2) is 9.97 Å². The summed E-state index contributed by atoms with van der Waals surface area (Å²) >= 11 is 1.81. The Bertz CT molecular complexity index is 1040. The van der Waals surface area contributed by atoms with E-state index in [2.05, 4.69) is 14.9 Å². The first-order valence-electron chi connectivity index (χ1n) is 9.80. The van der Waals surface area contributed by atoms with Crippen molar-refractivity contribution in [1.29, 1.82) is 0 Å². The normalized spacial score (nSPS) is 17.0. The molecule has 0 unspecified atom stereocenters. The SMILES string of the molecule is O=C(c1ccccc1O)N1CCN(c2ncnc3sc4c(c23)CCCC4)CC1. The Kier molecular flexibility index (Phi) is 4.39. The van der Waals surface area contributed by atoms with Crippen LogP contribution in [-0.4, -0.2) is 52.1 Å². The van der Waals surface area contributed by atoms with Crippen molar-refractivity contribution < 1.29 is 9.90 Å². The molecule has 0 bridgehead atoms. The predicted molar refractivity (Wildman–Crippen MR) is 110 cm³/mol. The number of amides is 1. The van der Waals surface area contributed by atoms with Gasteiger partial charge in [-0.3, -0.25) is 4.79 Å². The van der Waals surface area contributed by atoms with Gasteiger partial charge in [-0.2, -0.15) is 0 Å². The Hall–Kier alpha value is -2.67. The van der Waals surface area contributed by atoms with E-state index in [0.717, 1.165) is 36.6 Å². The molecule has 7 heteroatoms. The fourth-order valence-corrected chi connectivity index (χ4v) is 5.48. The number of hydrogen-bond donors (Lipinski definition) is 1. The van der Waals surface area contributed by atoms with E-state index in [1.807, 2.05) is 16.2 Å². The largest absolute Gasteiger partial charge is 0.507 e. The van der Waals surface area contributed by atoms with Crippen LogP contribution in [0.3, 0.4) is 0 Å². The number of para-hydroxylation sites is 1. The molecule has 28 heavy (non-hydrogen) atoms. The van der Waals surface area contributed by atoms with E-state index < -0.39 is 0 Å². The number of carbonyl (C=O) groups is 1. The lowest BCUT2D eigenvalue weighted by Gasteiger charge is -2.36. The Labute approximate surface area is 167 Å². The molecule has 1 aliphatic carbocycles. The average molecular weight is 395 g/mol. The first-order chi connectivity index (χ1) is 13.7. The summed E-state index contributed by atoms with van der Waals surface area (Å²) in [5, 5.41) is 11.2. The van der Waals surface area contributed by atoms with Gasteiger partial charge in [-0.15, -0.1) is 11.3 Å². The highest BCUT2D eigenvalue weighted by molar-refractivity contribution is 7.19. The fourth-order valence-electron chi connectivity index (χ4n) is 4.26. The van der Waals surface area contributed by atoms with Gasteiger partial charge in [0.05, 0.1) is 10.9 Å². The topological polar surface area (TPSA) is 69.6 Å². The van der Waals surface area contributed by atoms with Crippen molar-refractivity contribution in [2.45, 2.75) is 25.7 Å². The second-order valence-corrected chi connectivity index (χ2v) is 8.47. The van der Waals surface area contributed by atoms with Gasteiger partial charge in [0.1, 0.15) is 22.7 Å². The maximum Gasteiger partial charge on any atom is 0.257 e. The van der Waals surface area contributed by atoms with Gasteiger partial charge < -0.3 is 14.9 Å². The number of aryl methyl sites for hydroxylation is 2. The molecule has 2 aromatic heterocycles. The zero-order valence-corrected chi connectivity index (χ0v) is 16.4. The second-order valence-electron chi connectivity index (χ2n) is 7.38. The van der Waals surface area contributed by atoms with E-state index in [9.17, 15) is 9.90 Å². The summed E-state index contributed by atoms with van der Waals surface area (Å²) in [5.74, 6) is 0.940. The van der Waals surface area contributed by atoms with Crippen LogP contribution in [0.2, 0.25) is 0 Å². The zero-order valence-electron chi connectivity index (χ0n) is 15.6. The van der Waals surface area contributed by atoms with Crippen LogP contribution in [0.5, 0.6) is 5.75 Å². The number of aromatic hydroxyl groups is 1. The second kappa shape index (κ2) is 7.05. The Morgan fingerprint density at radius 2 is 1.82 bits per heavy atom. The minimum atomic E-state index is -0.113. The van der Waals surface area contributed by atoms with Gasteiger partial charge in [0.25, 0.3) is 5.91 Å². The molecule has 144 valence electrons. The molecular weight excluding hydrogens is 372 g/mol. The van der Waals surface area contributed by atoms with Gasteiger partial charge in [0.2, 0.25) is 0 Å². The van der Waals surface area contributed by atoms with Crippen molar-refractivity contribution >= 4 is 33.3 Å². The lowest BCUT2D eigenvalue weighted by atomic mass is 9.97. The fraction of sp³-hybridized carbons (Fsp3) is 0.381. The molecule has 3 aromatic rings. The molecule has 0 spiro atoms. The molecule has 1 N–H and O–H groups in total. The maximum atomic E-state index is 12.7. The number of aromatic nitrogens is 2. The predicted octanol–water partition coefficient (Wildman–Crippen LogP) is 3.24. The number of thiophene rings is 1. The van der Waals surface area contributed by atoms with Crippen LogP contribution in [0.25, 0.3) is 10.2 Å². The summed E-state index contributed by atoms with van der Waals surface area (Å²) in [4.78, 5) is 28.6. The van der Waals surface area contributed by atoms with E-state index in [1.165, 1.54) is 28.7 Å². The molecule has 5 rings (SSSR count). The Morgan fingerprint density at radius 3 is 2.64 bits per heavy atom. The number of phenols is 1. The van der Waals surface area contributed by atoms with Crippen molar-refractivity contribution in [2.75, 3.05) is 31.1 Å². The quantitative estimate of drug-likeness (QED) is 0.723. The monoisotopic (exact) mass is 394 g/mol. The smallest absolute Gasteiger partial charge is 0.257 e. The standard InChI is InChI=1S/C21H22N4O2S/c26-16-7-3-1-5-14(16)21(27)25-11-9-24(10-12-25)19-18-15-6-2-4-8-17(15)28-20(18)23-13-22-19/h1,3,5,7,13,26H,2,4,6,8-12H2. The van der Waals surface area contributed by atoms with Crippen molar-refractivity contribution in [3.8, 4) is 5.75 Å². The number of anilines is 1. The van der Waals surface area contributed by atoms with Gasteiger partial charge >= 0.3 is 0 Å². The van der Waals surface area contributed by atoms with Crippen LogP contribution < -0.4 is 4.90 Å². The molecule has 2 aliphatic rings. The summed E-state index contributed by atoms with van der Waals surface area (Å²) in [7, 11) is 0. The summed E-state index contributed by atoms with van der Waals surface area (Å²) in [5.41, 5.74) is 1.81. The number of benzene rings is 1.